The molecule has 0 unspecified atom stereocenters. The first-order valence-electron chi connectivity index (χ1n) is 10.7. The molecule has 5 rings (SSSR count). The molecule has 3 aliphatic rings. The Balaban J connectivity index is 1.21. The Morgan fingerprint density at radius 2 is 1.84 bits per heavy atom. The molecule has 2 fully saturated rings. The van der Waals surface area contributed by atoms with Gasteiger partial charge in [0.05, 0.1) is 23.8 Å². The molecule has 8 nitrogen and oxygen atoms in total. The van der Waals surface area contributed by atoms with Crippen LogP contribution in [0, 0.1) is 5.92 Å². The number of fused-ring (bicyclic) bond motifs is 1. The van der Waals surface area contributed by atoms with Crippen LogP contribution in [-0.4, -0.2) is 49.9 Å². The number of carbonyl (C=O) groups is 1. The van der Waals surface area contributed by atoms with Crippen LogP contribution in [0.15, 0.2) is 28.5 Å². The van der Waals surface area contributed by atoms with Gasteiger partial charge in [-0.05, 0) is 37.8 Å². The molecular formula is C21H25N3O5S2. The summed E-state index contributed by atoms with van der Waals surface area (Å²) >= 11 is 1.45. The van der Waals surface area contributed by atoms with Crippen LogP contribution in [0.2, 0.25) is 0 Å². The highest BCUT2D eigenvalue weighted by Gasteiger charge is 2.33. The molecule has 1 N–H and O–H groups in total. The van der Waals surface area contributed by atoms with Crippen LogP contribution >= 0.6 is 11.3 Å². The second-order valence-electron chi connectivity index (χ2n) is 8.18. The van der Waals surface area contributed by atoms with Crippen molar-refractivity contribution < 1.29 is 22.7 Å². The number of carbonyl (C=O) groups excluding carboxylic acids is 1. The van der Waals surface area contributed by atoms with Crippen LogP contribution in [-0.2, 0) is 14.8 Å². The molecule has 1 saturated heterocycles. The van der Waals surface area contributed by atoms with E-state index in [1.807, 2.05) is 5.38 Å². The molecule has 0 spiro atoms. The van der Waals surface area contributed by atoms with E-state index in [4.69, 9.17) is 9.47 Å². The smallest absolute Gasteiger partial charge is 0.243 e. The quantitative estimate of drug-likeness (QED) is 0.731. The number of ether oxygens (including phenoxy) is 2. The lowest BCUT2D eigenvalue weighted by atomic mass is 9.97. The second-order valence-corrected chi connectivity index (χ2v) is 11.0. The van der Waals surface area contributed by atoms with Gasteiger partial charge in [0.25, 0.3) is 0 Å². The summed E-state index contributed by atoms with van der Waals surface area (Å²) < 4.78 is 38.9. The Morgan fingerprint density at radius 1 is 1.10 bits per heavy atom. The third kappa shape index (κ3) is 4.42. The maximum Gasteiger partial charge on any atom is 0.243 e. The number of nitrogens with one attached hydrogen (secondary N) is 1. The van der Waals surface area contributed by atoms with Gasteiger partial charge in [-0.2, -0.15) is 4.31 Å². The van der Waals surface area contributed by atoms with E-state index in [1.165, 1.54) is 34.6 Å². The van der Waals surface area contributed by atoms with Crippen molar-refractivity contribution in [2.24, 2.45) is 5.92 Å². The molecule has 0 bridgehead atoms. The first-order chi connectivity index (χ1) is 15.0. The summed E-state index contributed by atoms with van der Waals surface area (Å²) in [6.07, 6.45) is 4.07. The second kappa shape index (κ2) is 8.40. The van der Waals surface area contributed by atoms with Gasteiger partial charge in [0, 0.05) is 42.8 Å². The van der Waals surface area contributed by atoms with Crippen molar-refractivity contribution in [2.45, 2.75) is 42.9 Å². The first kappa shape index (κ1) is 20.7. The van der Waals surface area contributed by atoms with Crippen LogP contribution in [0.5, 0.6) is 11.5 Å². The van der Waals surface area contributed by atoms with E-state index in [1.54, 1.807) is 12.1 Å². The number of aromatic nitrogens is 1. The molecular weight excluding hydrogens is 438 g/mol. The number of hydrogen-bond acceptors (Lipinski definition) is 7. The van der Waals surface area contributed by atoms with Crippen LogP contribution in [0.1, 0.15) is 43.7 Å². The van der Waals surface area contributed by atoms with Gasteiger partial charge in [-0.1, -0.05) is 0 Å². The SMILES string of the molecule is O=C(Nc1nc(C2CC2)cs1)C1CCN(S(=O)(=O)c2ccc3c(c2)OCCCO3)CC1. The Hall–Kier alpha value is -2.17. The highest BCUT2D eigenvalue weighted by Crippen LogP contribution is 2.41. The number of nitrogens with zero attached hydrogens (tertiary/aromatic N) is 2. The van der Waals surface area contributed by atoms with Crippen molar-refractivity contribution >= 4 is 32.4 Å². The van der Waals surface area contributed by atoms with Gasteiger partial charge in [0.15, 0.2) is 16.6 Å². The number of sulfonamides is 1. The first-order valence-corrected chi connectivity index (χ1v) is 13.0. The van der Waals surface area contributed by atoms with Gasteiger partial charge >= 0.3 is 0 Å². The van der Waals surface area contributed by atoms with E-state index < -0.39 is 10.0 Å². The molecule has 166 valence electrons. The van der Waals surface area contributed by atoms with Crippen LogP contribution in [0.25, 0.3) is 0 Å². The largest absolute Gasteiger partial charge is 0.490 e. The van der Waals surface area contributed by atoms with E-state index in [-0.39, 0.29) is 16.7 Å². The summed E-state index contributed by atoms with van der Waals surface area (Å²) in [4.78, 5) is 17.3. The fraction of sp³-hybridized carbons (Fsp3) is 0.524. The van der Waals surface area contributed by atoms with Crippen LogP contribution < -0.4 is 14.8 Å². The number of rotatable bonds is 5. The predicted octanol–water partition coefficient (Wildman–Crippen LogP) is 3.22. The minimum atomic E-state index is -3.66. The third-order valence-electron chi connectivity index (χ3n) is 5.93. The summed E-state index contributed by atoms with van der Waals surface area (Å²) in [5, 5.41) is 5.56. The van der Waals surface area contributed by atoms with E-state index in [0.29, 0.717) is 61.7 Å². The van der Waals surface area contributed by atoms with Gasteiger partial charge in [0.2, 0.25) is 15.9 Å². The summed E-state index contributed by atoms with van der Waals surface area (Å²) in [6, 6.07) is 4.74. The van der Waals surface area contributed by atoms with E-state index in [9.17, 15) is 13.2 Å². The fourth-order valence-electron chi connectivity index (χ4n) is 3.93. The van der Waals surface area contributed by atoms with Crippen molar-refractivity contribution in [3.05, 3.63) is 29.3 Å². The lowest BCUT2D eigenvalue weighted by Gasteiger charge is -2.30. The van der Waals surface area contributed by atoms with E-state index in [0.717, 1.165) is 12.1 Å². The van der Waals surface area contributed by atoms with E-state index in [2.05, 4.69) is 10.3 Å². The number of hydrogen-bond donors (Lipinski definition) is 1. The molecule has 0 atom stereocenters. The molecule has 0 radical (unpaired) electrons. The monoisotopic (exact) mass is 463 g/mol. The van der Waals surface area contributed by atoms with Crippen LogP contribution in [0.4, 0.5) is 5.13 Å². The molecule has 31 heavy (non-hydrogen) atoms. The zero-order valence-corrected chi connectivity index (χ0v) is 18.7. The Kier molecular flexibility index (Phi) is 5.61. The molecule has 2 aromatic rings. The fourth-order valence-corrected chi connectivity index (χ4v) is 6.21. The predicted molar refractivity (Wildman–Crippen MR) is 116 cm³/mol. The van der Waals surface area contributed by atoms with Gasteiger partial charge in [-0.15, -0.1) is 11.3 Å². The number of benzene rings is 1. The van der Waals surface area contributed by atoms with Crippen molar-refractivity contribution in [1.29, 1.82) is 0 Å². The molecule has 1 aromatic carbocycles. The summed E-state index contributed by atoms with van der Waals surface area (Å²) in [6.45, 7) is 1.66. The Labute approximate surface area is 185 Å². The average Bonchev–Trinajstić information content (AvgIpc) is 3.57. The van der Waals surface area contributed by atoms with Crippen molar-refractivity contribution in [3.63, 3.8) is 0 Å². The van der Waals surface area contributed by atoms with Gasteiger partial charge in [-0.25, -0.2) is 13.4 Å². The summed E-state index contributed by atoms with van der Waals surface area (Å²) in [5.74, 6) is 1.29. The lowest BCUT2D eigenvalue weighted by Crippen LogP contribution is -2.41. The molecule has 3 heterocycles. The standard InChI is InChI=1S/C21H25N3O5S2/c25-20(23-21-22-17(13-30-21)14-2-3-14)15-6-8-24(9-7-15)31(26,27)16-4-5-18-19(12-16)29-11-1-10-28-18/h4-5,12-15H,1-3,6-11H2,(H,22,23,25). The maximum atomic E-state index is 13.1. The minimum absolute atomic E-state index is 0.0793. The topological polar surface area (TPSA) is 97.8 Å². The van der Waals surface area contributed by atoms with Crippen molar-refractivity contribution in [2.75, 3.05) is 31.6 Å². The van der Waals surface area contributed by atoms with Crippen molar-refractivity contribution in [1.82, 2.24) is 9.29 Å². The average molecular weight is 464 g/mol. The molecule has 10 heteroatoms. The zero-order valence-electron chi connectivity index (χ0n) is 17.1. The molecule has 2 aliphatic heterocycles. The van der Waals surface area contributed by atoms with Crippen LogP contribution in [0.3, 0.4) is 0 Å². The molecule has 1 saturated carbocycles. The highest BCUT2D eigenvalue weighted by molar-refractivity contribution is 7.89. The highest BCUT2D eigenvalue weighted by atomic mass is 32.2. The van der Waals surface area contributed by atoms with E-state index >= 15 is 0 Å². The summed E-state index contributed by atoms with van der Waals surface area (Å²) in [7, 11) is -3.66. The van der Waals surface area contributed by atoms with Gasteiger partial charge in [-0.3, -0.25) is 4.79 Å². The number of anilines is 1. The van der Waals surface area contributed by atoms with Gasteiger partial charge in [0.1, 0.15) is 0 Å². The number of amides is 1. The maximum absolute atomic E-state index is 13.1. The van der Waals surface area contributed by atoms with Crippen molar-refractivity contribution in [3.8, 4) is 11.5 Å². The third-order valence-corrected chi connectivity index (χ3v) is 8.60. The molecule has 1 amide bonds. The normalized spacial score (nSPS) is 20.3. The number of piperidine rings is 1. The molecule has 1 aromatic heterocycles. The van der Waals surface area contributed by atoms with Gasteiger partial charge < -0.3 is 14.8 Å². The lowest BCUT2D eigenvalue weighted by molar-refractivity contribution is -0.120. The number of thiazole rings is 1. The Bertz CT molecular complexity index is 1070. The Morgan fingerprint density at radius 3 is 2.58 bits per heavy atom. The summed E-state index contributed by atoms with van der Waals surface area (Å²) in [5.41, 5.74) is 1.07. The zero-order chi connectivity index (χ0) is 21.4. The minimum Gasteiger partial charge on any atom is -0.490 e. The molecule has 1 aliphatic carbocycles.